The number of hydrogen-bond donors (Lipinski definition) is 2. The van der Waals surface area contributed by atoms with Gasteiger partial charge in [-0.25, -0.2) is 4.39 Å². The first-order valence-corrected chi connectivity index (χ1v) is 6.35. The van der Waals surface area contributed by atoms with Crippen LogP contribution in [0.15, 0.2) is 30.3 Å². The van der Waals surface area contributed by atoms with Crippen LogP contribution in [0.3, 0.4) is 0 Å². The van der Waals surface area contributed by atoms with Crippen LogP contribution in [-0.4, -0.2) is 23.3 Å². The van der Waals surface area contributed by atoms with Gasteiger partial charge in [0.25, 0.3) is 0 Å². The Morgan fingerprint density at radius 2 is 2.00 bits per heavy atom. The lowest BCUT2D eigenvalue weighted by molar-refractivity contribution is 0.454. The van der Waals surface area contributed by atoms with Gasteiger partial charge in [0.2, 0.25) is 0 Å². The molecular formula is C14H17ClFN3. The van der Waals surface area contributed by atoms with Crippen LogP contribution in [-0.2, 0) is 0 Å². The summed E-state index contributed by atoms with van der Waals surface area (Å²) in [5.41, 5.74) is 3.00. The van der Waals surface area contributed by atoms with E-state index in [1.54, 1.807) is 12.1 Å². The van der Waals surface area contributed by atoms with E-state index in [9.17, 15) is 4.39 Å². The van der Waals surface area contributed by atoms with Crippen molar-refractivity contribution in [2.75, 3.05) is 13.1 Å². The standard InChI is InChI=1S/C14H16FN3.ClH/c15-12-5-3-10(4-6-12)13-8-14(18-17-13)11-2-1-7-16-9-11;/h3-6,8,11,16H,1-2,7,9H2,(H,17,18);1H/t11-;/m0./s1. The molecule has 0 bridgehead atoms. The summed E-state index contributed by atoms with van der Waals surface area (Å²) in [5, 5.41) is 10.8. The minimum absolute atomic E-state index is 0. The Morgan fingerprint density at radius 3 is 2.68 bits per heavy atom. The summed E-state index contributed by atoms with van der Waals surface area (Å²) in [7, 11) is 0. The second kappa shape index (κ2) is 6.17. The van der Waals surface area contributed by atoms with Crippen molar-refractivity contribution < 1.29 is 4.39 Å². The van der Waals surface area contributed by atoms with E-state index in [1.807, 2.05) is 0 Å². The molecule has 0 saturated carbocycles. The van der Waals surface area contributed by atoms with Crippen LogP contribution in [0.25, 0.3) is 11.3 Å². The van der Waals surface area contributed by atoms with E-state index < -0.39 is 0 Å². The van der Waals surface area contributed by atoms with E-state index in [0.717, 1.165) is 24.3 Å². The van der Waals surface area contributed by atoms with E-state index in [2.05, 4.69) is 21.6 Å². The average Bonchev–Trinajstić information content (AvgIpc) is 2.90. The maximum Gasteiger partial charge on any atom is 0.123 e. The molecule has 0 amide bonds. The van der Waals surface area contributed by atoms with Crippen molar-refractivity contribution >= 4 is 12.4 Å². The largest absolute Gasteiger partial charge is 0.316 e. The lowest BCUT2D eigenvalue weighted by Crippen LogP contribution is -2.28. The molecule has 1 aromatic carbocycles. The summed E-state index contributed by atoms with van der Waals surface area (Å²) in [4.78, 5) is 0. The fraction of sp³-hybridized carbons (Fsp3) is 0.357. The van der Waals surface area contributed by atoms with E-state index in [0.29, 0.717) is 5.92 Å². The number of nitrogens with zero attached hydrogens (tertiary/aromatic N) is 1. The summed E-state index contributed by atoms with van der Waals surface area (Å²) in [6, 6.07) is 8.52. The number of hydrogen-bond acceptors (Lipinski definition) is 2. The third kappa shape index (κ3) is 3.14. The van der Waals surface area contributed by atoms with Crippen molar-refractivity contribution in [3.05, 3.63) is 41.8 Å². The highest BCUT2D eigenvalue weighted by Crippen LogP contribution is 2.25. The lowest BCUT2D eigenvalue weighted by atomic mass is 9.96. The Balaban J connectivity index is 0.00000133. The number of piperidine rings is 1. The van der Waals surface area contributed by atoms with Crippen LogP contribution < -0.4 is 5.32 Å². The molecule has 2 heterocycles. The maximum absolute atomic E-state index is 12.9. The van der Waals surface area contributed by atoms with Crippen molar-refractivity contribution in [1.29, 1.82) is 0 Å². The fourth-order valence-electron chi connectivity index (χ4n) is 2.43. The van der Waals surface area contributed by atoms with Gasteiger partial charge in [0.05, 0.1) is 5.69 Å². The molecule has 1 aliphatic heterocycles. The predicted molar refractivity (Wildman–Crippen MR) is 76.1 cm³/mol. The van der Waals surface area contributed by atoms with E-state index in [4.69, 9.17) is 0 Å². The second-order valence-electron chi connectivity index (χ2n) is 4.76. The molecule has 2 N–H and O–H groups in total. The molecular weight excluding hydrogens is 265 g/mol. The molecule has 1 aliphatic rings. The Kier molecular flexibility index (Phi) is 4.56. The fourth-order valence-corrected chi connectivity index (χ4v) is 2.43. The Bertz CT molecular complexity index is 518. The SMILES string of the molecule is Cl.Fc1ccc(-c2cc([C@H]3CCCNC3)[nH]n2)cc1. The molecule has 1 saturated heterocycles. The quantitative estimate of drug-likeness (QED) is 0.888. The molecule has 5 heteroatoms. The van der Waals surface area contributed by atoms with Gasteiger partial charge in [-0.1, -0.05) is 0 Å². The Morgan fingerprint density at radius 1 is 1.21 bits per heavy atom. The Hall–Kier alpha value is -1.39. The number of benzene rings is 1. The zero-order valence-electron chi connectivity index (χ0n) is 10.5. The number of rotatable bonds is 2. The molecule has 102 valence electrons. The number of halogens is 2. The van der Waals surface area contributed by atoms with Crippen molar-refractivity contribution in [3.63, 3.8) is 0 Å². The topological polar surface area (TPSA) is 40.7 Å². The summed E-state index contributed by atoms with van der Waals surface area (Å²) in [5.74, 6) is 0.298. The molecule has 3 nitrogen and oxygen atoms in total. The lowest BCUT2D eigenvalue weighted by Gasteiger charge is -2.21. The van der Waals surface area contributed by atoms with Crippen LogP contribution in [0.5, 0.6) is 0 Å². The monoisotopic (exact) mass is 281 g/mol. The molecule has 19 heavy (non-hydrogen) atoms. The first-order chi connectivity index (χ1) is 8.83. The number of nitrogens with one attached hydrogen (secondary N) is 2. The summed E-state index contributed by atoms with van der Waals surface area (Å²) in [6.45, 7) is 2.11. The van der Waals surface area contributed by atoms with Crippen LogP contribution in [0.1, 0.15) is 24.5 Å². The van der Waals surface area contributed by atoms with E-state index >= 15 is 0 Å². The zero-order valence-corrected chi connectivity index (χ0v) is 11.3. The van der Waals surface area contributed by atoms with Gasteiger partial charge >= 0.3 is 0 Å². The first-order valence-electron chi connectivity index (χ1n) is 6.35. The predicted octanol–water partition coefficient (Wildman–Crippen LogP) is 3.10. The molecule has 3 rings (SSSR count). The summed E-state index contributed by atoms with van der Waals surface area (Å²) in [6.07, 6.45) is 2.40. The minimum Gasteiger partial charge on any atom is -0.316 e. The normalized spacial score (nSPS) is 18.9. The minimum atomic E-state index is -0.217. The van der Waals surface area contributed by atoms with Crippen LogP contribution >= 0.6 is 12.4 Å². The highest BCUT2D eigenvalue weighted by Gasteiger charge is 2.17. The van der Waals surface area contributed by atoms with Crippen molar-refractivity contribution in [3.8, 4) is 11.3 Å². The van der Waals surface area contributed by atoms with Gasteiger partial charge < -0.3 is 5.32 Å². The van der Waals surface area contributed by atoms with Gasteiger partial charge in [-0.3, -0.25) is 5.10 Å². The highest BCUT2D eigenvalue weighted by atomic mass is 35.5. The van der Waals surface area contributed by atoms with Gasteiger partial charge in [-0.15, -0.1) is 12.4 Å². The molecule has 2 aromatic rings. The molecule has 0 aliphatic carbocycles. The maximum atomic E-state index is 12.9. The van der Waals surface area contributed by atoms with Gasteiger partial charge in [0, 0.05) is 23.7 Å². The molecule has 1 atom stereocenters. The van der Waals surface area contributed by atoms with E-state index in [1.165, 1.54) is 30.7 Å². The van der Waals surface area contributed by atoms with Gasteiger partial charge in [0.15, 0.2) is 0 Å². The number of H-pyrrole nitrogens is 1. The number of aromatic amines is 1. The second-order valence-corrected chi connectivity index (χ2v) is 4.76. The smallest absolute Gasteiger partial charge is 0.123 e. The van der Waals surface area contributed by atoms with Crippen LogP contribution in [0.4, 0.5) is 4.39 Å². The van der Waals surface area contributed by atoms with Crippen molar-refractivity contribution in [2.24, 2.45) is 0 Å². The number of aromatic nitrogens is 2. The Labute approximate surface area is 118 Å². The third-order valence-corrected chi connectivity index (χ3v) is 3.47. The molecule has 1 aromatic heterocycles. The van der Waals surface area contributed by atoms with Gasteiger partial charge in [-0.05, 0) is 49.7 Å². The molecule has 1 fully saturated rings. The van der Waals surface area contributed by atoms with Gasteiger partial charge in [-0.2, -0.15) is 5.10 Å². The molecule has 0 unspecified atom stereocenters. The van der Waals surface area contributed by atoms with Crippen molar-refractivity contribution in [1.82, 2.24) is 15.5 Å². The van der Waals surface area contributed by atoms with Crippen LogP contribution in [0.2, 0.25) is 0 Å². The third-order valence-electron chi connectivity index (χ3n) is 3.47. The highest BCUT2D eigenvalue weighted by molar-refractivity contribution is 5.85. The molecule has 0 radical (unpaired) electrons. The summed E-state index contributed by atoms with van der Waals surface area (Å²) >= 11 is 0. The first kappa shape index (κ1) is 14.0. The van der Waals surface area contributed by atoms with Crippen LogP contribution in [0, 0.1) is 5.82 Å². The summed E-state index contributed by atoms with van der Waals surface area (Å²) < 4.78 is 12.9. The van der Waals surface area contributed by atoms with E-state index in [-0.39, 0.29) is 18.2 Å². The average molecular weight is 282 g/mol. The van der Waals surface area contributed by atoms with Gasteiger partial charge in [0.1, 0.15) is 5.82 Å². The van der Waals surface area contributed by atoms with Crippen molar-refractivity contribution in [2.45, 2.75) is 18.8 Å². The zero-order chi connectivity index (χ0) is 12.4. The molecule has 0 spiro atoms.